The number of nitrogen functional groups attached to an aromatic ring is 1. The molecule has 1 fully saturated rings. The van der Waals surface area contributed by atoms with Crippen LogP contribution in [0, 0.1) is 11.3 Å². The quantitative estimate of drug-likeness (QED) is 0.242. The van der Waals surface area contributed by atoms with Crippen LogP contribution in [-0.4, -0.2) is 60.2 Å². The third-order valence-electron chi connectivity index (χ3n) is 4.61. The van der Waals surface area contributed by atoms with Gasteiger partial charge in [-0.25, -0.2) is 14.6 Å². The number of carboxylic acid groups (broad SMARTS) is 1. The molecule has 2 aromatic rings. The molecule has 1 aromatic carbocycles. The summed E-state index contributed by atoms with van der Waals surface area (Å²) in [5, 5.41) is 15.2. The number of piperidine rings is 1. The van der Waals surface area contributed by atoms with Gasteiger partial charge in [0.15, 0.2) is 5.13 Å². The maximum atomic E-state index is 12.3. The largest absolute Gasteiger partial charge is 0.490 e. The number of nitrogens with one attached hydrogen (secondary N) is 1. The van der Waals surface area contributed by atoms with E-state index >= 15 is 0 Å². The Morgan fingerprint density at radius 1 is 1.21 bits per heavy atom. The number of ether oxygens (including phenoxy) is 2. The maximum Gasteiger partial charge on any atom is 0.490 e. The number of hydrogen-bond donors (Lipinski definition) is 3. The van der Waals surface area contributed by atoms with Gasteiger partial charge < -0.3 is 25.2 Å². The molecule has 184 valence electrons. The lowest BCUT2D eigenvalue weighted by Crippen LogP contribution is -2.36. The lowest BCUT2D eigenvalue weighted by atomic mass is 9.97. The molecule has 34 heavy (non-hydrogen) atoms. The summed E-state index contributed by atoms with van der Waals surface area (Å²) in [4.78, 5) is 39.6. The Bertz CT molecular complexity index is 1030. The fraction of sp³-hybridized carbons (Fsp3) is 0.350. The minimum atomic E-state index is -5.08. The van der Waals surface area contributed by atoms with Crippen molar-refractivity contribution in [2.24, 2.45) is 11.7 Å². The average Bonchev–Trinajstić information content (AvgIpc) is 3.29. The van der Waals surface area contributed by atoms with E-state index < -0.39 is 18.1 Å². The summed E-state index contributed by atoms with van der Waals surface area (Å²) in [5.41, 5.74) is 5.96. The van der Waals surface area contributed by atoms with Crippen LogP contribution >= 0.6 is 11.3 Å². The monoisotopic (exact) mass is 502 g/mol. The number of thiazole rings is 1. The second kappa shape index (κ2) is 11.4. The van der Waals surface area contributed by atoms with Gasteiger partial charge in [-0.15, -0.1) is 0 Å². The third kappa shape index (κ3) is 7.43. The standard InChI is InChI=1S/C18H20N4O4S.C2HF3O2/c1-25-16(23)12-6-8-22(9-7-12)18-21-10-14(27-18)17(24)26-13-4-2-11(3-5-13)15(19)20;3-2(4,5)1(6)7/h2-5,10,12H,6-9H2,1H3,(H3,19,20);(H,6,7). The van der Waals surface area contributed by atoms with E-state index in [1.54, 1.807) is 24.3 Å². The molecule has 0 unspecified atom stereocenters. The zero-order valence-corrected chi connectivity index (χ0v) is 18.6. The van der Waals surface area contributed by atoms with E-state index in [1.807, 2.05) is 0 Å². The number of amidine groups is 1. The van der Waals surface area contributed by atoms with Crippen molar-refractivity contribution in [3.05, 3.63) is 40.9 Å². The summed E-state index contributed by atoms with van der Waals surface area (Å²) in [6, 6.07) is 6.42. The van der Waals surface area contributed by atoms with Gasteiger partial charge in [0.1, 0.15) is 16.5 Å². The number of benzene rings is 1. The van der Waals surface area contributed by atoms with Crippen molar-refractivity contribution in [2.75, 3.05) is 25.1 Å². The van der Waals surface area contributed by atoms with Gasteiger partial charge >= 0.3 is 24.1 Å². The maximum absolute atomic E-state index is 12.3. The summed E-state index contributed by atoms with van der Waals surface area (Å²) in [7, 11) is 1.40. The van der Waals surface area contributed by atoms with Gasteiger partial charge in [0, 0.05) is 18.7 Å². The van der Waals surface area contributed by atoms with Crippen LogP contribution in [0.3, 0.4) is 0 Å². The van der Waals surface area contributed by atoms with E-state index in [9.17, 15) is 22.8 Å². The van der Waals surface area contributed by atoms with Gasteiger partial charge in [0.25, 0.3) is 0 Å². The normalized spacial score (nSPS) is 13.9. The van der Waals surface area contributed by atoms with E-state index in [0.717, 1.165) is 5.13 Å². The summed E-state index contributed by atoms with van der Waals surface area (Å²) in [6.07, 6.45) is -2.18. The summed E-state index contributed by atoms with van der Waals surface area (Å²) < 4.78 is 41.9. The molecule has 0 saturated carbocycles. The van der Waals surface area contributed by atoms with Gasteiger partial charge in [-0.3, -0.25) is 10.2 Å². The molecule has 2 heterocycles. The fourth-order valence-corrected chi connectivity index (χ4v) is 3.68. The number of carboxylic acids is 1. The van der Waals surface area contributed by atoms with Gasteiger partial charge in [0.05, 0.1) is 19.2 Å². The molecule has 0 atom stereocenters. The Kier molecular flexibility index (Phi) is 8.95. The second-order valence-corrected chi connectivity index (χ2v) is 7.93. The van der Waals surface area contributed by atoms with Crippen LogP contribution in [0.4, 0.5) is 18.3 Å². The number of aromatic nitrogens is 1. The number of aliphatic carboxylic acids is 1. The average molecular weight is 502 g/mol. The fourth-order valence-electron chi connectivity index (χ4n) is 2.84. The SMILES string of the molecule is COC(=O)C1CCN(c2ncc(C(=O)Oc3ccc(C(=N)N)cc3)s2)CC1.O=C(O)C(F)(F)F. The van der Waals surface area contributed by atoms with Crippen molar-refractivity contribution in [1.29, 1.82) is 5.41 Å². The zero-order chi connectivity index (χ0) is 25.5. The minimum Gasteiger partial charge on any atom is -0.475 e. The van der Waals surface area contributed by atoms with E-state index in [2.05, 4.69) is 9.88 Å². The molecule has 0 spiro atoms. The van der Waals surface area contributed by atoms with Crippen molar-refractivity contribution in [1.82, 2.24) is 4.98 Å². The van der Waals surface area contributed by atoms with Crippen molar-refractivity contribution in [2.45, 2.75) is 19.0 Å². The van der Waals surface area contributed by atoms with Crippen LogP contribution in [0.2, 0.25) is 0 Å². The molecule has 0 radical (unpaired) electrons. The summed E-state index contributed by atoms with van der Waals surface area (Å²) >= 11 is 1.26. The van der Waals surface area contributed by atoms with Crippen LogP contribution < -0.4 is 15.4 Å². The lowest BCUT2D eigenvalue weighted by molar-refractivity contribution is -0.192. The number of carbonyl (C=O) groups excluding carboxylic acids is 2. The van der Waals surface area contributed by atoms with Crippen molar-refractivity contribution >= 4 is 40.2 Å². The molecule has 0 bridgehead atoms. The summed E-state index contributed by atoms with van der Waals surface area (Å²) in [5.74, 6) is -3.16. The molecule has 1 saturated heterocycles. The number of rotatable bonds is 5. The first-order valence-electron chi connectivity index (χ1n) is 9.67. The number of halogens is 3. The predicted molar refractivity (Wildman–Crippen MR) is 115 cm³/mol. The Balaban J connectivity index is 0.000000509. The molecule has 1 aromatic heterocycles. The zero-order valence-electron chi connectivity index (χ0n) is 17.8. The van der Waals surface area contributed by atoms with Crippen molar-refractivity contribution in [3.8, 4) is 5.75 Å². The Morgan fingerprint density at radius 3 is 2.24 bits per heavy atom. The number of carbonyl (C=O) groups is 3. The van der Waals surface area contributed by atoms with Crippen molar-refractivity contribution in [3.63, 3.8) is 0 Å². The highest BCUT2D eigenvalue weighted by Gasteiger charge is 2.38. The number of anilines is 1. The molecule has 4 N–H and O–H groups in total. The molecule has 3 rings (SSSR count). The molecular formula is C20H21F3N4O6S. The number of methoxy groups -OCH3 is 1. The molecular weight excluding hydrogens is 481 g/mol. The number of nitrogens with two attached hydrogens (primary N) is 1. The first kappa shape index (κ1) is 26.6. The Morgan fingerprint density at radius 2 is 1.76 bits per heavy atom. The molecule has 0 aliphatic carbocycles. The number of esters is 2. The number of hydrogen-bond acceptors (Lipinski definition) is 9. The molecule has 10 nitrogen and oxygen atoms in total. The highest BCUT2D eigenvalue weighted by atomic mass is 32.1. The van der Waals surface area contributed by atoms with Crippen molar-refractivity contribution < 1.29 is 42.1 Å². The van der Waals surface area contributed by atoms with Crippen LogP contribution in [0.1, 0.15) is 28.1 Å². The van der Waals surface area contributed by atoms with Crippen LogP contribution in [0.5, 0.6) is 5.75 Å². The van der Waals surface area contributed by atoms with E-state index in [-0.39, 0.29) is 17.7 Å². The highest BCUT2D eigenvalue weighted by molar-refractivity contribution is 7.17. The Hall–Kier alpha value is -3.68. The van der Waals surface area contributed by atoms with E-state index in [0.29, 0.717) is 42.1 Å². The van der Waals surface area contributed by atoms with Gasteiger partial charge in [-0.05, 0) is 37.1 Å². The van der Waals surface area contributed by atoms with Crippen LogP contribution in [-0.2, 0) is 14.3 Å². The number of alkyl halides is 3. The van der Waals surface area contributed by atoms with Gasteiger partial charge in [-0.2, -0.15) is 13.2 Å². The first-order chi connectivity index (χ1) is 15.9. The smallest absolute Gasteiger partial charge is 0.475 e. The second-order valence-electron chi connectivity index (χ2n) is 6.92. The van der Waals surface area contributed by atoms with Crippen LogP contribution in [0.15, 0.2) is 30.5 Å². The topological polar surface area (TPSA) is 156 Å². The Labute approximate surface area is 195 Å². The molecule has 1 aliphatic heterocycles. The van der Waals surface area contributed by atoms with Gasteiger partial charge in [-0.1, -0.05) is 11.3 Å². The van der Waals surface area contributed by atoms with Gasteiger partial charge in [0.2, 0.25) is 0 Å². The predicted octanol–water partition coefficient (Wildman–Crippen LogP) is 2.67. The first-order valence-corrected chi connectivity index (χ1v) is 10.5. The van der Waals surface area contributed by atoms with E-state index in [4.69, 9.17) is 30.5 Å². The molecule has 1 aliphatic rings. The molecule has 0 amide bonds. The lowest BCUT2D eigenvalue weighted by Gasteiger charge is -2.30. The number of nitrogens with zero attached hydrogens (tertiary/aromatic N) is 2. The van der Waals surface area contributed by atoms with E-state index in [1.165, 1.54) is 24.6 Å². The minimum absolute atomic E-state index is 0.0454. The third-order valence-corrected chi connectivity index (χ3v) is 5.65. The highest BCUT2D eigenvalue weighted by Crippen LogP contribution is 2.28. The summed E-state index contributed by atoms with van der Waals surface area (Å²) in [6.45, 7) is 1.38. The van der Waals surface area contributed by atoms with Crippen LogP contribution in [0.25, 0.3) is 0 Å². The molecule has 14 heteroatoms.